The SMILES string of the molecule is CCS(=O)(=O)Nc1ccc2[nH]c(O)c(-c3nc4ccccc4o3)c2c1.CS(=O)(=O)Nc1ccc2[nH]c(O)c(-c3nc4ccccc4o3)c2c1.NC(=NO)c1ccc2[nH]c(O)c(-c3nc4ccccc4o3)c2c1. The van der Waals surface area contributed by atoms with E-state index in [0.29, 0.717) is 106 Å². The Bertz CT molecular complexity index is 4200. The number of aromatic amines is 3. The molecule has 6 heterocycles. The van der Waals surface area contributed by atoms with Crippen LogP contribution in [0.2, 0.25) is 0 Å². The lowest BCUT2D eigenvalue weighted by atomic mass is 10.1. The number of benzene rings is 6. The third-order valence-electron chi connectivity index (χ3n) is 11.2. The van der Waals surface area contributed by atoms with Gasteiger partial charge in [0.2, 0.25) is 55.4 Å². The number of para-hydroxylation sites is 6. The smallest absolute Gasteiger partial charge is 0.233 e. The van der Waals surface area contributed by atoms with E-state index in [1.165, 1.54) is 0 Å². The summed E-state index contributed by atoms with van der Waals surface area (Å²) in [7, 11) is -6.79. The van der Waals surface area contributed by atoms with Crippen molar-refractivity contribution in [1.29, 1.82) is 0 Å². The van der Waals surface area contributed by atoms with Gasteiger partial charge < -0.3 is 54.5 Å². The van der Waals surface area contributed by atoms with Gasteiger partial charge >= 0.3 is 0 Å². The summed E-state index contributed by atoms with van der Waals surface area (Å²) in [6.07, 6.45) is 1.08. The quantitative estimate of drug-likeness (QED) is 0.0279. The summed E-state index contributed by atoms with van der Waals surface area (Å²) < 4.78 is 68.5. The molecule has 0 saturated carbocycles. The molecule has 0 unspecified atom stereocenters. The fourth-order valence-electron chi connectivity index (χ4n) is 7.93. The highest BCUT2D eigenvalue weighted by Crippen LogP contribution is 2.41. The van der Waals surface area contributed by atoms with Gasteiger partial charge in [-0.05, 0) is 97.9 Å². The Morgan fingerprint density at radius 2 is 0.944 bits per heavy atom. The minimum absolute atomic E-state index is 0.0175. The molecule has 12 aromatic rings. The molecule has 72 heavy (non-hydrogen) atoms. The Kier molecular flexibility index (Phi) is 11.6. The average molecular weight is 1010 g/mol. The second kappa shape index (κ2) is 18.1. The molecule has 12 rings (SSSR count). The summed E-state index contributed by atoms with van der Waals surface area (Å²) in [5.41, 5.74) is 14.0. The molecule has 0 bridgehead atoms. The van der Waals surface area contributed by atoms with Gasteiger partial charge in [0.25, 0.3) is 0 Å². The maximum absolute atomic E-state index is 11.8. The van der Waals surface area contributed by atoms with Crippen LogP contribution < -0.4 is 15.2 Å². The van der Waals surface area contributed by atoms with Crippen LogP contribution in [-0.2, 0) is 20.0 Å². The highest BCUT2D eigenvalue weighted by atomic mass is 32.2. The monoisotopic (exact) mass is 1010 g/mol. The van der Waals surface area contributed by atoms with Crippen LogP contribution in [0.15, 0.2) is 146 Å². The van der Waals surface area contributed by atoms with Crippen LogP contribution in [0.5, 0.6) is 17.6 Å². The van der Waals surface area contributed by atoms with Gasteiger partial charge in [0.15, 0.2) is 22.6 Å². The second-order valence-corrected chi connectivity index (χ2v) is 19.9. The molecule has 0 aliphatic carbocycles. The first-order chi connectivity index (χ1) is 34.5. The predicted molar refractivity (Wildman–Crippen MR) is 273 cm³/mol. The van der Waals surface area contributed by atoms with Crippen molar-refractivity contribution in [2.75, 3.05) is 21.5 Å². The maximum Gasteiger partial charge on any atom is 0.233 e. The van der Waals surface area contributed by atoms with E-state index in [1.54, 1.807) is 79.7 Å². The number of aromatic hydroxyl groups is 3. The zero-order valence-electron chi connectivity index (χ0n) is 37.7. The van der Waals surface area contributed by atoms with Crippen molar-refractivity contribution >= 4 is 103 Å². The van der Waals surface area contributed by atoms with Gasteiger partial charge in [-0.25, -0.2) is 31.8 Å². The number of H-pyrrole nitrogens is 3. The first-order valence-electron chi connectivity index (χ1n) is 21.6. The average Bonchev–Trinajstić information content (AvgIpc) is 4.21. The first kappa shape index (κ1) is 46.3. The molecule has 0 fully saturated rings. The van der Waals surface area contributed by atoms with Gasteiger partial charge in [0, 0.05) is 49.6 Å². The number of oxazole rings is 3. The molecule has 364 valence electrons. The summed E-state index contributed by atoms with van der Waals surface area (Å²) in [6.45, 7) is 1.56. The molecule has 21 nitrogen and oxygen atoms in total. The molecule has 11 N–H and O–H groups in total. The fraction of sp³-hybridized carbons (Fsp3) is 0.0612. The maximum atomic E-state index is 11.8. The molecule has 0 radical (unpaired) electrons. The summed E-state index contributed by atoms with van der Waals surface area (Å²) in [6, 6.07) is 36.9. The van der Waals surface area contributed by atoms with E-state index in [0.717, 1.165) is 6.26 Å². The van der Waals surface area contributed by atoms with Gasteiger partial charge in [-0.2, -0.15) is 0 Å². The zero-order chi connectivity index (χ0) is 50.5. The number of fused-ring (bicyclic) bond motifs is 6. The summed E-state index contributed by atoms with van der Waals surface area (Å²) in [4.78, 5) is 21.7. The Morgan fingerprint density at radius 1 is 0.569 bits per heavy atom. The number of aromatic nitrogens is 6. The lowest BCUT2D eigenvalue weighted by Gasteiger charge is -2.06. The zero-order valence-corrected chi connectivity index (χ0v) is 39.3. The van der Waals surface area contributed by atoms with Crippen LogP contribution in [0.1, 0.15) is 12.5 Å². The lowest BCUT2D eigenvalue weighted by Crippen LogP contribution is -2.14. The minimum Gasteiger partial charge on any atom is -0.494 e. The third-order valence-corrected chi connectivity index (χ3v) is 13.1. The molecule has 0 aliphatic heterocycles. The van der Waals surface area contributed by atoms with Crippen molar-refractivity contribution in [1.82, 2.24) is 29.9 Å². The topological polar surface area (TPSA) is 337 Å². The van der Waals surface area contributed by atoms with Gasteiger partial charge in [-0.3, -0.25) is 9.44 Å². The number of amidine groups is 1. The number of nitrogens with zero attached hydrogens (tertiary/aromatic N) is 4. The first-order valence-corrected chi connectivity index (χ1v) is 25.2. The fourth-order valence-corrected chi connectivity index (χ4v) is 9.12. The van der Waals surface area contributed by atoms with Crippen molar-refractivity contribution < 1.29 is 50.6 Å². The third kappa shape index (κ3) is 9.10. The lowest BCUT2D eigenvalue weighted by molar-refractivity contribution is 0.318. The molecule has 0 spiro atoms. The molecule has 23 heteroatoms. The number of oxime groups is 1. The van der Waals surface area contributed by atoms with Crippen molar-refractivity contribution in [2.45, 2.75) is 6.92 Å². The summed E-state index contributed by atoms with van der Waals surface area (Å²) in [5, 5.41) is 44.5. The molecule has 0 amide bonds. The highest BCUT2D eigenvalue weighted by Gasteiger charge is 2.22. The van der Waals surface area contributed by atoms with Gasteiger partial charge in [0.05, 0.1) is 12.0 Å². The molecule has 0 saturated heterocycles. The summed E-state index contributed by atoms with van der Waals surface area (Å²) >= 11 is 0. The van der Waals surface area contributed by atoms with Crippen molar-refractivity contribution in [3.8, 4) is 52.0 Å². The Labute approximate surface area is 406 Å². The molecular weight excluding hydrogens is 969 g/mol. The number of hydrogen-bond acceptors (Lipinski definition) is 15. The van der Waals surface area contributed by atoms with E-state index in [2.05, 4.69) is 44.5 Å². The number of rotatable bonds is 9. The normalized spacial score (nSPS) is 12.1. The number of sulfonamides is 2. The Hall–Kier alpha value is -9.48. The van der Waals surface area contributed by atoms with E-state index in [-0.39, 0.29) is 41.0 Å². The van der Waals surface area contributed by atoms with Crippen LogP contribution in [0.25, 0.3) is 100 Å². The van der Waals surface area contributed by atoms with Crippen LogP contribution in [0.4, 0.5) is 11.4 Å². The van der Waals surface area contributed by atoms with E-state index >= 15 is 0 Å². The van der Waals surface area contributed by atoms with E-state index in [9.17, 15) is 32.2 Å². The predicted octanol–water partition coefficient (Wildman–Crippen LogP) is 9.27. The minimum atomic E-state index is -3.40. The molecule has 6 aromatic heterocycles. The largest absolute Gasteiger partial charge is 0.494 e. The Balaban J connectivity index is 0.000000124. The van der Waals surface area contributed by atoms with Crippen molar-refractivity contribution in [3.05, 3.63) is 133 Å². The molecule has 6 aromatic carbocycles. The second-order valence-electron chi connectivity index (χ2n) is 16.2. The standard InChI is InChI=1S/C17H15N3O4S.C16H12N4O3.C16H13N3O4S/c1-2-25(22,23)20-10-7-8-12-11(9-10)15(16(21)18-12)17-19-13-5-3-4-6-14(13)24-17;17-14(20-22)8-5-6-10-9(7-8)13(15(21)18-10)16-19-11-3-1-2-4-12(11)23-16;1-24(21,22)19-9-6-7-11-10(8-9)14(15(20)17-11)16-18-12-4-2-3-5-13(12)23-16/h3-9,18,20-21H,2H2,1H3;1-7,18,21-22H,(H2,17,20);2-8,17,19-20H,1H3. The van der Waals surface area contributed by atoms with Crippen molar-refractivity contribution in [3.63, 3.8) is 0 Å². The van der Waals surface area contributed by atoms with Crippen LogP contribution >= 0.6 is 0 Å². The van der Waals surface area contributed by atoms with Crippen LogP contribution in [0.3, 0.4) is 0 Å². The van der Waals surface area contributed by atoms with Gasteiger partial charge in [-0.1, -0.05) is 41.6 Å². The molecular formula is C49H40N10O11S2. The number of anilines is 2. The molecule has 0 aliphatic rings. The number of hydrogen-bond donors (Lipinski definition) is 10. The van der Waals surface area contributed by atoms with E-state index < -0.39 is 20.0 Å². The number of nitrogens with one attached hydrogen (secondary N) is 5. The summed E-state index contributed by atoms with van der Waals surface area (Å²) in [5.74, 6) is 0.550. The van der Waals surface area contributed by atoms with Crippen molar-refractivity contribution in [2.24, 2.45) is 10.9 Å². The van der Waals surface area contributed by atoms with Gasteiger partial charge in [0.1, 0.15) is 33.2 Å². The van der Waals surface area contributed by atoms with E-state index in [1.807, 2.05) is 54.6 Å². The number of nitrogens with two attached hydrogens (primary N) is 1. The Morgan fingerprint density at radius 3 is 1.32 bits per heavy atom. The highest BCUT2D eigenvalue weighted by molar-refractivity contribution is 7.92. The molecule has 0 atom stereocenters. The van der Waals surface area contributed by atoms with E-state index in [4.69, 9.17) is 24.2 Å². The van der Waals surface area contributed by atoms with Crippen LogP contribution in [-0.4, -0.2) is 85.1 Å². The van der Waals surface area contributed by atoms with Crippen LogP contribution in [0, 0.1) is 0 Å². The van der Waals surface area contributed by atoms with Gasteiger partial charge in [-0.15, -0.1) is 0 Å².